The highest BCUT2D eigenvalue weighted by molar-refractivity contribution is 7.12. The predicted molar refractivity (Wildman–Crippen MR) is 82.0 cm³/mol. The Kier molecular flexibility index (Phi) is 4.54. The van der Waals surface area contributed by atoms with Gasteiger partial charge in [0.1, 0.15) is 5.78 Å². The molecule has 1 aromatic carbocycles. The third kappa shape index (κ3) is 3.77. The normalized spacial score (nSPS) is 10.7. The summed E-state index contributed by atoms with van der Waals surface area (Å²) in [6.07, 6.45) is 2.16. The van der Waals surface area contributed by atoms with Crippen LogP contribution in [-0.2, 0) is 24.1 Å². The molecule has 1 nitrogen and oxygen atoms in total. The second kappa shape index (κ2) is 6.16. The maximum absolute atomic E-state index is 12.1. The Balaban J connectivity index is 1.98. The number of hydrogen-bond acceptors (Lipinski definition) is 2. The van der Waals surface area contributed by atoms with Crippen molar-refractivity contribution >= 4 is 17.1 Å². The Labute approximate surface area is 119 Å². The molecule has 0 N–H and O–H groups in total. The zero-order valence-corrected chi connectivity index (χ0v) is 12.6. The standard InChI is InChI=1S/C17H20OS/c1-4-16-7-8-17(19-16)11-15(18)10-14-6-5-12(2)13(3)9-14/h5-9H,4,10-11H2,1-3H3. The number of carbonyl (C=O) groups excluding carboxylic acids is 1. The van der Waals surface area contributed by atoms with Crippen LogP contribution in [0.15, 0.2) is 30.3 Å². The zero-order chi connectivity index (χ0) is 13.8. The smallest absolute Gasteiger partial charge is 0.142 e. The van der Waals surface area contributed by atoms with Crippen LogP contribution in [0.3, 0.4) is 0 Å². The molecule has 0 saturated heterocycles. The fourth-order valence-electron chi connectivity index (χ4n) is 2.11. The molecule has 2 rings (SSSR count). The Bertz CT molecular complexity index is 581. The van der Waals surface area contributed by atoms with E-state index in [9.17, 15) is 4.79 Å². The first-order valence-electron chi connectivity index (χ1n) is 6.74. The number of Topliss-reactive ketones (excluding diaryl/α,β-unsaturated/α-hetero) is 1. The van der Waals surface area contributed by atoms with Gasteiger partial charge in [-0.1, -0.05) is 25.1 Å². The lowest BCUT2D eigenvalue weighted by molar-refractivity contribution is -0.117. The molecule has 0 aliphatic carbocycles. The summed E-state index contributed by atoms with van der Waals surface area (Å²) in [4.78, 5) is 14.6. The van der Waals surface area contributed by atoms with Crippen molar-refractivity contribution in [2.24, 2.45) is 0 Å². The number of benzene rings is 1. The second-order valence-electron chi connectivity index (χ2n) is 5.03. The molecular weight excluding hydrogens is 252 g/mol. The Hall–Kier alpha value is -1.41. The van der Waals surface area contributed by atoms with Crippen molar-refractivity contribution < 1.29 is 4.79 Å². The minimum atomic E-state index is 0.299. The van der Waals surface area contributed by atoms with Gasteiger partial charge in [-0.3, -0.25) is 4.79 Å². The number of carbonyl (C=O) groups is 1. The molecule has 100 valence electrons. The SMILES string of the molecule is CCc1ccc(CC(=O)Cc2ccc(C)c(C)c2)s1. The lowest BCUT2D eigenvalue weighted by Crippen LogP contribution is -2.05. The molecular formula is C17H20OS. The van der Waals surface area contributed by atoms with Gasteiger partial charge in [-0.15, -0.1) is 11.3 Å². The van der Waals surface area contributed by atoms with Crippen molar-refractivity contribution in [3.8, 4) is 0 Å². The van der Waals surface area contributed by atoms with E-state index in [1.54, 1.807) is 11.3 Å². The van der Waals surface area contributed by atoms with Crippen LogP contribution in [0, 0.1) is 13.8 Å². The average molecular weight is 272 g/mol. The molecule has 1 aromatic heterocycles. The highest BCUT2D eigenvalue weighted by Crippen LogP contribution is 2.18. The van der Waals surface area contributed by atoms with E-state index in [0.29, 0.717) is 18.6 Å². The Morgan fingerprint density at radius 2 is 1.74 bits per heavy atom. The van der Waals surface area contributed by atoms with E-state index in [1.165, 1.54) is 20.9 Å². The molecule has 0 fully saturated rings. The van der Waals surface area contributed by atoms with Crippen molar-refractivity contribution in [3.63, 3.8) is 0 Å². The molecule has 0 saturated carbocycles. The number of ketones is 1. The van der Waals surface area contributed by atoms with Gasteiger partial charge in [-0.2, -0.15) is 0 Å². The molecule has 19 heavy (non-hydrogen) atoms. The van der Waals surface area contributed by atoms with Crippen LogP contribution in [0.1, 0.15) is 33.4 Å². The maximum atomic E-state index is 12.1. The summed E-state index contributed by atoms with van der Waals surface area (Å²) >= 11 is 1.76. The third-order valence-electron chi connectivity index (χ3n) is 3.41. The number of hydrogen-bond donors (Lipinski definition) is 0. The third-order valence-corrected chi connectivity index (χ3v) is 4.64. The molecule has 0 aliphatic rings. The first-order chi connectivity index (χ1) is 9.08. The highest BCUT2D eigenvalue weighted by atomic mass is 32.1. The summed E-state index contributed by atoms with van der Waals surface area (Å²) in [5, 5.41) is 0. The van der Waals surface area contributed by atoms with E-state index in [1.807, 2.05) is 0 Å². The highest BCUT2D eigenvalue weighted by Gasteiger charge is 2.08. The summed E-state index contributed by atoms with van der Waals surface area (Å²) in [7, 11) is 0. The van der Waals surface area contributed by atoms with E-state index >= 15 is 0 Å². The first kappa shape index (κ1) is 14.0. The molecule has 0 spiro atoms. The van der Waals surface area contributed by atoms with Crippen LogP contribution in [0.2, 0.25) is 0 Å². The van der Waals surface area contributed by atoms with Crippen molar-refractivity contribution in [3.05, 3.63) is 56.8 Å². The topological polar surface area (TPSA) is 17.1 Å². The summed E-state index contributed by atoms with van der Waals surface area (Å²) in [6.45, 7) is 6.33. The van der Waals surface area contributed by atoms with Crippen molar-refractivity contribution in [1.29, 1.82) is 0 Å². The molecule has 0 aliphatic heterocycles. The minimum Gasteiger partial charge on any atom is -0.299 e. The van der Waals surface area contributed by atoms with Crippen molar-refractivity contribution in [1.82, 2.24) is 0 Å². The molecule has 1 heterocycles. The van der Waals surface area contributed by atoms with E-state index in [-0.39, 0.29) is 0 Å². The lowest BCUT2D eigenvalue weighted by Gasteiger charge is -2.04. The minimum absolute atomic E-state index is 0.299. The van der Waals surface area contributed by atoms with Gasteiger partial charge >= 0.3 is 0 Å². The van der Waals surface area contributed by atoms with Gasteiger partial charge < -0.3 is 0 Å². The van der Waals surface area contributed by atoms with Crippen LogP contribution < -0.4 is 0 Å². The van der Waals surface area contributed by atoms with Crippen LogP contribution in [0.5, 0.6) is 0 Å². The molecule has 2 aromatic rings. The summed E-state index contributed by atoms with van der Waals surface area (Å²) in [6, 6.07) is 10.5. The monoisotopic (exact) mass is 272 g/mol. The Morgan fingerprint density at radius 3 is 2.37 bits per heavy atom. The average Bonchev–Trinajstić information content (AvgIpc) is 2.81. The number of rotatable bonds is 5. The number of aryl methyl sites for hydroxylation is 3. The largest absolute Gasteiger partial charge is 0.299 e. The number of thiophene rings is 1. The van der Waals surface area contributed by atoms with Gasteiger partial charge in [0.25, 0.3) is 0 Å². The molecule has 0 unspecified atom stereocenters. The van der Waals surface area contributed by atoms with Gasteiger partial charge in [0.15, 0.2) is 0 Å². The molecule has 2 heteroatoms. The van der Waals surface area contributed by atoms with Crippen LogP contribution in [-0.4, -0.2) is 5.78 Å². The van der Waals surface area contributed by atoms with Gasteiger partial charge in [0, 0.05) is 22.6 Å². The molecule has 0 radical (unpaired) electrons. The van der Waals surface area contributed by atoms with Gasteiger partial charge in [-0.25, -0.2) is 0 Å². The molecule has 0 atom stereocenters. The van der Waals surface area contributed by atoms with Crippen LogP contribution in [0.25, 0.3) is 0 Å². The zero-order valence-electron chi connectivity index (χ0n) is 11.8. The second-order valence-corrected chi connectivity index (χ2v) is 6.29. The lowest BCUT2D eigenvalue weighted by atomic mass is 10.0. The van der Waals surface area contributed by atoms with E-state index in [2.05, 4.69) is 51.1 Å². The van der Waals surface area contributed by atoms with E-state index in [0.717, 1.165) is 12.0 Å². The van der Waals surface area contributed by atoms with Crippen LogP contribution in [0.4, 0.5) is 0 Å². The Morgan fingerprint density at radius 1 is 1.00 bits per heavy atom. The van der Waals surface area contributed by atoms with E-state index in [4.69, 9.17) is 0 Å². The van der Waals surface area contributed by atoms with Crippen molar-refractivity contribution in [2.45, 2.75) is 40.0 Å². The first-order valence-corrected chi connectivity index (χ1v) is 7.55. The van der Waals surface area contributed by atoms with Gasteiger partial charge in [-0.05, 0) is 49.1 Å². The fourth-order valence-corrected chi connectivity index (χ4v) is 3.09. The fraction of sp³-hybridized carbons (Fsp3) is 0.353. The quantitative estimate of drug-likeness (QED) is 0.794. The molecule has 0 amide bonds. The summed E-state index contributed by atoms with van der Waals surface area (Å²) in [5.74, 6) is 0.299. The van der Waals surface area contributed by atoms with Gasteiger partial charge in [0.05, 0.1) is 0 Å². The maximum Gasteiger partial charge on any atom is 0.142 e. The van der Waals surface area contributed by atoms with Crippen LogP contribution >= 0.6 is 11.3 Å². The van der Waals surface area contributed by atoms with E-state index < -0.39 is 0 Å². The van der Waals surface area contributed by atoms with Crippen molar-refractivity contribution in [2.75, 3.05) is 0 Å². The van der Waals surface area contributed by atoms with Gasteiger partial charge in [0.2, 0.25) is 0 Å². The molecule has 0 bridgehead atoms. The summed E-state index contributed by atoms with van der Waals surface area (Å²) < 4.78 is 0. The summed E-state index contributed by atoms with van der Waals surface area (Å²) in [5.41, 5.74) is 3.66. The predicted octanol–water partition coefficient (Wildman–Crippen LogP) is 4.28.